The zero-order chi connectivity index (χ0) is 14.1. The maximum absolute atomic E-state index is 13.6. The van der Waals surface area contributed by atoms with Gasteiger partial charge in [-0.15, -0.1) is 0 Å². The van der Waals surface area contributed by atoms with Crippen LogP contribution in [0.4, 0.5) is 15.0 Å². The molecule has 1 heterocycles. The molecule has 0 spiro atoms. The minimum atomic E-state index is -1.30. The minimum Gasteiger partial charge on any atom is -0.464 e. The first-order chi connectivity index (χ1) is 8.12. The maximum atomic E-state index is 13.6. The van der Waals surface area contributed by atoms with Gasteiger partial charge >= 0.3 is 6.09 Å². The van der Waals surface area contributed by atoms with Gasteiger partial charge in [-0.05, 0) is 32.4 Å². The molecule has 0 atom stereocenters. The third-order valence-electron chi connectivity index (χ3n) is 1.86. The predicted octanol–water partition coefficient (Wildman–Crippen LogP) is 3.03. The van der Waals surface area contributed by atoms with Crippen molar-refractivity contribution >= 4 is 35.1 Å². The molecule has 100 valence electrons. The number of aromatic nitrogens is 2. The SMILES string of the molecule is CC(C)(C)N(Nc1nc(Cl)nc(Cl)c1F)C(=O)O. The summed E-state index contributed by atoms with van der Waals surface area (Å²) in [6.45, 7) is 4.86. The van der Waals surface area contributed by atoms with Gasteiger partial charge in [0.15, 0.2) is 11.0 Å². The molecule has 2 N–H and O–H groups in total. The van der Waals surface area contributed by atoms with Crippen molar-refractivity contribution < 1.29 is 14.3 Å². The predicted molar refractivity (Wildman–Crippen MR) is 65.2 cm³/mol. The summed E-state index contributed by atoms with van der Waals surface area (Å²) in [6.07, 6.45) is -1.30. The van der Waals surface area contributed by atoms with E-state index in [1.807, 2.05) is 0 Å². The van der Waals surface area contributed by atoms with E-state index in [0.717, 1.165) is 5.01 Å². The highest BCUT2D eigenvalue weighted by molar-refractivity contribution is 6.32. The molecule has 0 saturated heterocycles. The lowest BCUT2D eigenvalue weighted by molar-refractivity contribution is 0.116. The van der Waals surface area contributed by atoms with Crippen LogP contribution in [0.3, 0.4) is 0 Å². The number of carboxylic acid groups (broad SMARTS) is 1. The Hall–Kier alpha value is -1.34. The number of hydrazine groups is 1. The number of amides is 1. The molecule has 1 aromatic rings. The molecule has 0 aliphatic carbocycles. The van der Waals surface area contributed by atoms with E-state index in [9.17, 15) is 9.18 Å². The van der Waals surface area contributed by atoms with Crippen LogP contribution in [0.2, 0.25) is 10.4 Å². The van der Waals surface area contributed by atoms with E-state index in [2.05, 4.69) is 15.4 Å². The van der Waals surface area contributed by atoms with Crippen LogP contribution in [0.1, 0.15) is 20.8 Å². The zero-order valence-corrected chi connectivity index (χ0v) is 11.3. The lowest BCUT2D eigenvalue weighted by Gasteiger charge is -2.33. The van der Waals surface area contributed by atoms with Crippen molar-refractivity contribution in [3.63, 3.8) is 0 Å². The third kappa shape index (κ3) is 3.33. The van der Waals surface area contributed by atoms with Crippen LogP contribution in [0, 0.1) is 5.82 Å². The highest BCUT2D eigenvalue weighted by Crippen LogP contribution is 2.23. The summed E-state index contributed by atoms with van der Waals surface area (Å²) < 4.78 is 13.6. The van der Waals surface area contributed by atoms with Gasteiger partial charge in [-0.1, -0.05) is 11.6 Å². The largest absolute Gasteiger partial charge is 0.464 e. The van der Waals surface area contributed by atoms with Gasteiger partial charge in [-0.3, -0.25) is 5.43 Å². The fraction of sp³-hybridized carbons (Fsp3) is 0.444. The van der Waals surface area contributed by atoms with Gasteiger partial charge in [0.2, 0.25) is 11.1 Å². The first kappa shape index (κ1) is 14.7. The van der Waals surface area contributed by atoms with Crippen molar-refractivity contribution in [2.45, 2.75) is 26.3 Å². The summed E-state index contributed by atoms with van der Waals surface area (Å²) in [6, 6.07) is 0. The number of hydrogen-bond donors (Lipinski definition) is 2. The molecule has 0 aliphatic heterocycles. The number of carbonyl (C=O) groups is 1. The molecule has 0 aliphatic rings. The highest BCUT2D eigenvalue weighted by atomic mass is 35.5. The second kappa shape index (κ2) is 5.11. The second-order valence-electron chi connectivity index (χ2n) is 4.35. The molecule has 9 heteroatoms. The number of halogens is 3. The van der Waals surface area contributed by atoms with Crippen molar-refractivity contribution in [1.82, 2.24) is 15.0 Å². The lowest BCUT2D eigenvalue weighted by Crippen LogP contribution is -2.49. The minimum absolute atomic E-state index is 0.289. The monoisotopic (exact) mass is 296 g/mol. The number of anilines is 1. The molecule has 1 aromatic heterocycles. The van der Waals surface area contributed by atoms with E-state index in [1.165, 1.54) is 0 Å². The Morgan fingerprint density at radius 1 is 1.39 bits per heavy atom. The summed E-state index contributed by atoms with van der Waals surface area (Å²) in [4.78, 5) is 18.0. The van der Waals surface area contributed by atoms with Crippen molar-refractivity contribution in [3.8, 4) is 0 Å². The summed E-state index contributed by atoms with van der Waals surface area (Å²) in [7, 11) is 0. The molecule has 1 rings (SSSR count). The topological polar surface area (TPSA) is 78.3 Å². The molecule has 0 saturated carbocycles. The van der Waals surface area contributed by atoms with Crippen LogP contribution in [0.5, 0.6) is 0 Å². The lowest BCUT2D eigenvalue weighted by atomic mass is 10.1. The Kier molecular flexibility index (Phi) is 4.18. The van der Waals surface area contributed by atoms with Crippen LogP contribution in [0.15, 0.2) is 0 Å². The number of rotatable bonds is 2. The Labute approximate surface area is 113 Å². The quantitative estimate of drug-likeness (QED) is 0.498. The molecule has 0 bridgehead atoms. The summed E-state index contributed by atoms with van der Waals surface area (Å²) in [5.41, 5.74) is 1.49. The number of hydrogen-bond acceptors (Lipinski definition) is 4. The molecule has 18 heavy (non-hydrogen) atoms. The molecule has 0 aromatic carbocycles. The van der Waals surface area contributed by atoms with Crippen LogP contribution < -0.4 is 5.43 Å². The fourth-order valence-electron chi connectivity index (χ4n) is 1.08. The molecule has 6 nitrogen and oxygen atoms in total. The van der Waals surface area contributed by atoms with Crippen LogP contribution in [-0.2, 0) is 0 Å². The highest BCUT2D eigenvalue weighted by Gasteiger charge is 2.28. The third-order valence-corrected chi connectivity index (χ3v) is 2.28. The van der Waals surface area contributed by atoms with E-state index < -0.39 is 28.4 Å². The maximum Gasteiger partial charge on any atom is 0.426 e. The standard InChI is InChI=1S/C9H11Cl2FN4O2/c1-9(2,3)16(8(17)18)15-6-4(12)5(10)13-7(11)14-6/h1-3H3,(H,17,18)(H,13,14,15). The molecular formula is C9H11Cl2FN4O2. The van der Waals surface area contributed by atoms with Crippen LogP contribution >= 0.6 is 23.2 Å². The number of nitrogens with one attached hydrogen (secondary N) is 1. The Bertz CT molecular complexity index is 478. The zero-order valence-electron chi connectivity index (χ0n) is 9.83. The van der Waals surface area contributed by atoms with Gasteiger partial charge in [0.05, 0.1) is 5.54 Å². The van der Waals surface area contributed by atoms with Gasteiger partial charge in [0.25, 0.3) is 0 Å². The van der Waals surface area contributed by atoms with E-state index in [4.69, 9.17) is 28.3 Å². The van der Waals surface area contributed by atoms with Crippen LogP contribution in [-0.4, -0.2) is 31.7 Å². The molecule has 0 fully saturated rings. The molecule has 0 unspecified atom stereocenters. The van der Waals surface area contributed by atoms with Crippen molar-refractivity contribution in [1.29, 1.82) is 0 Å². The van der Waals surface area contributed by atoms with Gasteiger partial charge in [-0.2, -0.15) is 9.37 Å². The van der Waals surface area contributed by atoms with E-state index in [0.29, 0.717) is 0 Å². The fourth-order valence-corrected chi connectivity index (χ4v) is 1.46. The molecule has 1 amide bonds. The molecule has 0 radical (unpaired) electrons. The first-order valence-corrected chi connectivity index (χ1v) is 5.57. The Morgan fingerprint density at radius 3 is 2.39 bits per heavy atom. The summed E-state index contributed by atoms with van der Waals surface area (Å²) in [5, 5.41) is 9.04. The van der Waals surface area contributed by atoms with Gasteiger partial charge in [0, 0.05) is 0 Å². The van der Waals surface area contributed by atoms with E-state index >= 15 is 0 Å². The second-order valence-corrected chi connectivity index (χ2v) is 5.04. The van der Waals surface area contributed by atoms with E-state index in [1.54, 1.807) is 20.8 Å². The Morgan fingerprint density at radius 2 is 1.94 bits per heavy atom. The van der Waals surface area contributed by atoms with Gasteiger partial charge in [-0.25, -0.2) is 14.8 Å². The van der Waals surface area contributed by atoms with Crippen molar-refractivity contribution in [3.05, 3.63) is 16.3 Å². The van der Waals surface area contributed by atoms with Crippen LogP contribution in [0.25, 0.3) is 0 Å². The average Bonchev–Trinajstić information content (AvgIpc) is 2.18. The Balaban J connectivity index is 3.13. The normalized spacial score (nSPS) is 11.2. The van der Waals surface area contributed by atoms with Crippen molar-refractivity contribution in [2.75, 3.05) is 5.43 Å². The van der Waals surface area contributed by atoms with E-state index in [-0.39, 0.29) is 5.28 Å². The average molecular weight is 297 g/mol. The molecular weight excluding hydrogens is 286 g/mol. The van der Waals surface area contributed by atoms with Crippen molar-refractivity contribution in [2.24, 2.45) is 0 Å². The van der Waals surface area contributed by atoms with Gasteiger partial charge in [0.1, 0.15) is 0 Å². The van der Waals surface area contributed by atoms with Gasteiger partial charge < -0.3 is 5.11 Å². The number of nitrogens with zero attached hydrogens (tertiary/aromatic N) is 3. The smallest absolute Gasteiger partial charge is 0.426 e. The summed E-state index contributed by atoms with van der Waals surface area (Å²) >= 11 is 11.0. The first-order valence-electron chi connectivity index (χ1n) is 4.81. The summed E-state index contributed by atoms with van der Waals surface area (Å²) in [5.74, 6) is -1.38.